The summed E-state index contributed by atoms with van der Waals surface area (Å²) in [7, 11) is 0. The number of rotatable bonds is 6. The second kappa shape index (κ2) is 7.51. The molecule has 0 amide bonds. The van der Waals surface area contributed by atoms with E-state index >= 15 is 0 Å². The van der Waals surface area contributed by atoms with Crippen LogP contribution in [0.3, 0.4) is 0 Å². The van der Waals surface area contributed by atoms with Crippen LogP contribution in [0.5, 0.6) is 0 Å². The minimum Gasteiger partial charge on any atom is -0.379 e. The average Bonchev–Trinajstić information content (AvgIpc) is 2.76. The van der Waals surface area contributed by atoms with Crippen molar-refractivity contribution in [3.8, 4) is 0 Å². The summed E-state index contributed by atoms with van der Waals surface area (Å²) in [4.78, 5) is 4.97. The summed E-state index contributed by atoms with van der Waals surface area (Å²) in [5, 5.41) is 3.58. The van der Waals surface area contributed by atoms with Gasteiger partial charge in [-0.05, 0) is 49.8 Å². The maximum atomic E-state index is 3.58. The summed E-state index contributed by atoms with van der Waals surface area (Å²) in [5.74, 6) is 0. The molecule has 0 unspecified atom stereocenters. The van der Waals surface area contributed by atoms with Gasteiger partial charge in [0.05, 0.1) is 11.4 Å². The van der Waals surface area contributed by atoms with Crippen LogP contribution in [0.1, 0.15) is 25.8 Å². The molecular weight excluding hydrogens is 282 g/mol. The van der Waals surface area contributed by atoms with Gasteiger partial charge in [0.25, 0.3) is 0 Å². The van der Waals surface area contributed by atoms with Gasteiger partial charge in [0.2, 0.25) is 0 Å². The predicted molar refractivity (Wildman–Crippen MR) is 99.6 cm³/mol. The zero-order chi connectivity index (χ0) is 16.1. The van der Waals surface area contributed by atoms with Crippen molar-refractivity contribution in [3.05, 3.63) is 54.1 Å². The van der Waals surface area contributed by atoms with Gasteiger partial charge in [-0.2, -0.15) is 0 Å². The molecule has 0 fully saturated rings. The Morgan fingerprint density at radius 1 is 0.957 bits per heavy atom. The first kappa shape index (κ1) is 15.9. The van der Waals surface area contributed by atoms with E-state index in [0.29, 0.717) is 0 Å². The van der Waals surface area contributed by atoms with E-state index in [1.165, 1.54) is 29.0 Å². The Morgan fingerprint density at radius 3 is 2.43 bits per heavy atom. The van der Waals surface area contributed by atoms with Gasteiger partial charge in [-0.15, -0.1) is 0 Å². The fourth-order valence-electron chi connectivity index (χ4n) is 3.34. The van der Waals surface area contributed by atoms with Crippen LogP contribution in [0.15, 0.2) is 48.5 Å². The molecule has 1 aliphatic rings. The highest BCUT2D eigenvalue weighted by molar-refractivity contribution is 5.80. The molecule has 0 spiro atoms. The SMILES string of the molecule is CCN(CC)CCCN1c2ccccc2CNc2ccccc21. The van der Waals surface area contributed by atoms with Gasteiger partial charge < -0.3 is 15.1 Å². The number of nitrogens with zero attached hydrogens (tertiary/aromatic N) is 2. The minimum atomic E-state index is 0.889. The lowest BCUT2D eigenvalue weighted by molar-refractivity contribution is 0.301. The second-order valence-electron chi connectivity index (χ2n) is 6.03. The normalized spacial score (nSPS) is 13.3. The van der Waals surface area contributed by atoms with E-state index in [1.807, 2.05) is 0 Å². The standard InChI is InChI=1S/C20H27N3/c1-3-22(4-2)14-9-15-23-19-12-7-5-10-17(19)16-21-18-11-6-8-13-20(18)23/h5-8,10-13,21H,3-4,9,14-16H2,1-2H3. The molecule has 0 radical (unpaired) electrons. The molecule has 3 heteroatoms. The van der Waals surface area contributed by atoms with Gasteiger partial charge in [0.1, 0.15) is 0 Å². The largest absolute Gasteiger partial charge is 0.379 e. The van der Waals surface area contributed by atoms with E-state index in [4.69, 9.17) is 0 Å². The highest BCUT2D eigenvalue weighted by atomic mass is 15.2. The number of hydrogen-bond acceptors (Lipinski definition) is 3. The van der Waals surface area contributed by atoms with Gasteiger partial charge in [0, 0.05) is 18.8 Å². The lowest BCUT2D eigenvalue weighted by Crippen LogP contribution is -2.28. The molecule has 23 heavy (non-hydrogen) atoms. The van der Waals surface area contributed by atoms with Crippen LogP contribution in [-0.4, -0.2) is 31.1 Å². The average molecular weight is 309 g/mol. The zero-order valence-electron chi connectivity index (χ0n) is 14.3. The van der Waals surface area contributed by atoms with Crippen molar-refractivity contribution in [1.29, 1.82) is 0 Å². The molecule has 1 aliphatic heterocycles. The predicted octanol–water partition coefficient (Wildman–Crippen LogP) is 4.48. The van der Waals surface area contributed by atoms with Gasteiger partial charge in [-0.1, -0.05) is 44.2 Å². The molecular formula is C20H27N3. The highest BCUT2D eigenvalue weighted by Gasteiger charge is 2.19. The molecule has 122 valence electrons. The number of fused-ring (bicyclic) bond motifs is 2. The maximum absolute atomic E-state index is 3.58. The van der Waals surface area contributed by atoms with Gasteiger partial charge in [0.15, 0.2) is 0 Å². The fraction of sp³-hybridized carbons (Fsp3) is 0.400. The monoisotopic (exact) mass is 309 g/mol. The summed E-state index contributed by atoms with van der Waals surface area (Å²) in [6.45, 7) is 9.83. The van der Waals surface area contributed by atoms with Crippen molar-refractivity contribution < 1.29 is 0 Å². The molecule has 0 atom stereocenters. The Bertz CT molecular complexity index is 587. The van der Waals surface area contributed by atoms with Gasteiger partial charge in [-0.3, -0.25) is 0 Å². The van der Waals surface area contributed by atoms with E-state index in [0.717, 1.165) is 32.7 Å². The van der Waals surface area contributed by atoms with Crippen LogP contribution in [0.4, 0.5) is 17.1 Å². The molecule has 0 aromatic heterocycles. The lowest BCUT2D eigenvalue weighted by atomic mass is 10.1. The van der Waals surface area contributed by atoms with E-state index in [1.54, 1.807) is 0 Å². The van der Waals surface area contributed by atoms with E-state index in [2.05, 4.69) is 77.5 Å². The summed E-state index contributed by atoms with van der Waals surface area (Å²) in [6.07, 6.45) is 1.17. The number of nitrogens with one attached hydrogen (secondary N) is 1. The molecule has 3 nitrogen and oxygen atoms in total. The third-order valence-electron chi connectivity index (χ3n) is 4.70. The first-order valence-corrected chi connectivity index (χ1v) is 8.74. The van der Waals surface area contributed by atoms with Crippen molar-refractivity contribution in [2.75, 3.05) is 36.4 Å². The molecule has 0 bridgehead atoms. The Morgan fingerprint density at radius 2 is 1.65 bits per heavy atom. The number of benzene rings is 2. The van der Waals surface area contributed by atoms with Crippen LogP contribution in [0.25, 0.3) is 0 Å². The van der Waals surface area contributed by atoms with Crippen LogP contribution in [0.2, 0.25) is 0 Å². The van der Waals surface area contributed by atoms with Crippen molar-refractivity contribution in [2.24, 2.45) is 0 Å². The number of hydrogen-bond donors (Lipinski definition) is 1. The fourth-order valence-corrected chi connectivity index (χ4v) is 3.34. The summed E-state index contributed by atoms with van der Waals surface area (Å²) >= 11 is 0. The summed E-state index contributed by atoms with van der Waals surface area (Å²) < 4.78 is 0. The Balaban J connectivity index is 1.85. The molecule has 0 saturated carbocycles. The van der Waals surface area contributed by atoms with E-state index < -0.39 is 0 Å². The molecule has 2 aromatic rings. The van der Waals surface area contributed by atoms with Crippen LogP contribution in [-0.2, 0) is 6.54 Å². The third kappa shape index (κ3) is 3.50. The Kier molecular flexibility index (Phi) is 5.19. The zero-order valence-corrected chi connectivity index (χ0v) is 14.3. The van der Waals surface area contributed by atoms with E-state index in [-0.39, 0.29) is 0 Å². The molecule has 3 rings (SSSR count). The van der Waals surface area contributed by atoms with Crippen LogP contribution >= 0.6 is 0 Å². The Labute approximate surface area is 139 Å². The summed E-state index contributed by atoms with van der Waals surface area (Å²) in [5.41, 5.74) is 5.22. The topological polar surface area (TPSA) is 18.5 Å². The van der Waals surface area contributed by atoms with Crippen molar-refractivity contribution in [1.82, 2.24) is 4.90 Å². The second-order valence-corrected chi connectivity index (χ2v) is 6.03. The molecule has 1 N–H and O–H groups in total. The highest BCUT2D eigenvalue weighted by Crippen LogP contribution is 2.37. The molecule has 0 aliphatic carbocycles. The first-order valence-electron chi connectivity index (χ1n) is 8.74. The van der Waals surface area contributed by atoms with Gasteiger partial charge >= 0.3 is 0 Å². The van der Waals surface area contributed by atoms with Gasteiger partial charge in [-0.25, -0.2) is 0 Å². The lowest BCUT2D eigenvalue weighted by Gasteiger charge is -2.27. The number of anilines is 3. The smallest absolute Gasteiger partial charge is 0.0646 e. The van der Waals surface area contributed by atoms with E-state index in [9.17, 15) is 0 Å². The maximum Gasteiger partial charge on any atom is 0.0646 e. The third-order valence-corrected chi connectivity index (χ3v) is 4.70. The Hall–Kier alpha value is -2.00. The van der Waals surface area contributed by atoms with Crippen LogP contribution in [0, 0.1) is 0 Å². The first-order chi connectivity index (χ1) is 11.3. The number of para-hydroxylation sites is 3. The quantitative estimate of drug-likeness (QED) is 0.848. The molecule has 0 saturated heterocycles. The molecule has 2 aromatic carbocycles. The van der Waals surface area contributed by atoms with Crippen molar-refractivity contribution in [2.45, 2.75) is 26.8 Å². The van der Waals surface area contributed by atoms with Crippen molar-refractivity contribution in [3.63, 3.8) is 0 Å². The minimum absolute atomic E-state index is 0.889. The summed E-state index contributed by atoms with van der Waals surface area (Å²) in [6, 6.07) is 17.4. The van der Waals surface area contributed by atoms with Crippen molar-refractivity contribution >= 4 is 17.1 Å². The molecule has 1 heterocycles. The van der Waals surface area contributed by atoms with Crippen LogP contribution < -0.4 is 10.2 Å².